The van der Waals surface area contributed by atoms with E-state index in [-0.39, 0.29) is 11.8 Å². The number of hydrogen-bond donors (Lipinski definition) is 1. The lowest BCUT2D eigenvalue weighted by Crippen LogP contribution is -2.28. The van der Waals surface area contributed by atoms with Crippen LogP contribution in [0.4, 0.5) is 0 Å². The van der Waals surface area contributed by atoms with Crippen molar-refractivity contribution in [2.24, 2.45) is 5.92 Å². The Bertz CT molecular complexity index is 946. The number of aromatic nitrogens is 2. The summed E-state index contributed by atoms with van der Waals surface area (Å²) in [7, 11) is 0. The van der Waals surface area contributed by atoms with Crippen LogP contribution in [0.2, 0.25) is 0 Å². The van der Waals surface area contributed by atoms with Crippen molar-refractivity contribution in [1.29, 1.82) is 0 Å². The number of benzene rings is 2. The average Bonchev–Trinajstić information content (AvgIpc) is 3.07. The van der Waals surface area contributed by atoms with Gasteiger partial charge in [0.15, 0.2) is 0 Å². The molecule has 154 valence electrons. The summed E-state index contributed by atoms with van der Waals surface area (Å²) in [6.07, 6.45) is 2.62. The highest BCUT2D eigenvalue weighted by Crippen LogP contribution is 2.19. The average molecular weight is 394 g/mol. The van der Waals surface area contributed by atoms with Crippen LogP contribution in [0, 0.1) is 12.8 Å². The van der Waals surface area contributed by atoms with E-state index < -0.39 is 0 Å². The van der Waals surface area contributed by atoms with E-state index in [2.05, 4.69) is 41.1 Å². The van der Waals surface area contributed by atoms with Gasteiger partial charge in [-0.3, -0.25) is 4.79 Å². The minimum atomic E-state index is 0.0211. The van der Waals surface area contributed by atoms with Crippen LogP contribution in [-0.2, 0) is 17.8 Å². The molecule has 1 aromatic heterocycles. The minimum absolute atomic E-state index is 0.0211. The van der Waals surface area contributed by atoms with E-state index in [4.69, 9.17) is 9.72 Å². The smallest absolute Gasteiger partial charge is 0.222 e. The molecule has 0 aliphatic heterocycles. The number of nitrogens with one attached hydrogen (secondary N) is 1. The van der Waals surface area contributed by atoms with Gasteiger partial charge in [0.25, 0.3) is 0 Å². The molecule has 1 amide bonds. The lowest BCUT2D eigenvalue weighted by molar-refractivity contribution is -0.123. The van der Waals surface area contributed by atoms with Crippen LogP contribution in [0.15, 0.2) is 48.5 Å². The molecule has 5 nitrogen and oxygen atoms in total. The van der Waals surface area contributed by atoms with Gasteiger partial charge < -0.3 is 14.6 Å². The Labute approximate surface area is 173 Å². The van der Waals surface area contributed by atoms with E-state index in [0.29, 0.717) is 13.2 Å². The molecule has 0 bridgehead atoms. The van der Waals surface area contributed by atoms with Gasteiger partial charge in [0.05, 0.1) is 17.6 Å². The van der Waals surface area contributed by atoms with Gasteiger partial charge >= 0.3 is 0 Å². The molecule has 1 heterocycles. The quantitative estimate of drug-likeness (QED) is 0.515. The van der Waals surface area contributed by atoms with Gasteiger partial charge in [0.1, 0.15) is 11.6 Å². The molecule has 1 N–H and O–H groups in total. The van der Waals surface area contributed by atoms with Gasteiger partial charge in [-0.1, -0.05) is 44.2 Å². The molecule has 3 rings (SSSR count). The number of nitrogens with zero attached hydrogens (tertiary/aromatic N) is 2. The van der Waals surface area contributed by atoms with E-state index in [1.807, 2.05) is 38.1 Å². The van der Waals surface area contributed by atoms with Crippen LogP contribution in [0.25, 0.3) is 11.0 Å². The van der Waals surface area contributed by atoms with Crippen molar-refractivity contribution in [1.82, 2.24) is 14.9 Å². The zero-order chi connectivity index (χ0) is 20.6. The van der Waals surface area contributed by atoms with Crippen LogP contribution >= 0.6 is 0 Å². The van der Waals surface area contributed by atoms with Crippen LogP contribution in [0.3, 0.4) is 0 Å². The van der Waals surface area contributed by atoms with Crippen LogP contribution in [0.1, 0.15) is 38.1 Å². The minimum Gasteiger partial charge on any atom is -0.493 e. The van der Waals surface area contributed by atoms with Crippen molar-refractivity contribution in [3.8, 4) is 5.75 Å². The normalized spacial score (nSPS) is 11.2. The Morgan fingerprint density at radius 3 is 2.66 bits per heavy atom. The molecule has 0 radical (unpaired) electrons. The molecule has 3 aromatic rings. The molecule has 0 aliphatic carbocycles. The van der Waals surface area contributed by atoms with Gasteiger partial charge in [0.2, 0.25) is 5.91 Å². The second-order valence-corrected chi connectivity index (χ2v) is 7.69. The maximum Gasteiger partial charge on any atom is 0.222 e. The van der Waals surface area contributed by atoms with Gasteiger partial charge in [-0.15, -0.1) is 0 Å². The highest BCUT2D eigenvalue weighted by molar-refractivity contribution is 5.77. The summed E-state index contributed by atoms with van der Waals surface area (Å²) in [4.78, 5) is 16.6. The Balaban J connectivity index is 1.59. The number of rotatable bonds is 10. The summed E-state index contributed by atoms with van der Waals surface area (Å²) in [6, 6.07) is 16.4. The van der Waals surface area contributed by atoms with Crippen molar-refractivity contribution in [3.05, 3.63) is 59.9 Å². The van der Waals surface area contributed by atoms with E-state index in [1.165, 1.54) is 0 Å². The zero-order valence-electron chi connectivity index (χ0n) is 17.6. The summed E-state index contributed by atoms with van der Waals surface area (Å²) in [6.45, 7) is 8.09. The van der Waals surface area contributed by atoms with Crippen LogP contribution in [-0.4, -0.2) is 28.6 Å². The fourth-order valence-corrected chi connectivity index (χ4v) is 3.35. The van der Waals surface area contributed by atoms with Crippen molar-refractivity contribution >= 4 is 16.9 Å². The molecule has 0 saturated carbocycles. The van der Waals surface area contributed by atoms with E-state index in [9.17, 15) is 4.79 Å². The van der Waals surface area contributed by atoms with Crippen molar-refractivity contribution < 1.29 is 9.53 Å². The van der Waals surface area contributed by atoms with Crippen molar-refractivity contribution in [2.75, 3.05) is 13.2 Å². The van der Waals surface area contributed by atoms with Crippen LogP contribution in [0.5, 0.6) is 5.75 Å². The van der Waals surface area contributed by atoms with Crippen molar-refractivity contribution in [3.63, 3.8) is 0 Å². The van der Waals surface area contributed by atoms with E-state index in [0.717, 1.165) is 54.0 Å². The van der Waals surface area contributed by atoms with Gasteiger partial charge in [-0.25, -0.2) is 4.98 Å². The molecule has 0 atom stereocenters. The predicted molar refractivity (Wildman–Crippen MR) is 117 cm³/mol. The highest BCUT2D eigenvalue weighted by atomic mass is 16.5. The first kappa shape index (κ1) is 20.9. The lowest BCUT2D eigenvalue weighted by atomic mass is 10.2. The van der Waals surface area contributed by atoms with E-state index in [1.54, 1.807) is 0 Å². The molecular formula is C24H31N3O2. The number of amides is 1. The molecule has 29 heavy (non-hydrogen) atoms. The molecule has 2 aromatic carbocycles. The Morgan fingerprint density at radius 2 is 1.86 bits per heavy atom. The maximum absolute atomic E-state index is 11.7. The summed E-state index contributed by atoms with van der Waals surface area (Å²) in [5.74, 6) is 2.14. The standard InChI is InChI=1S/C24H31N3O2/c1-18(2)24(28)25-15-8-14-23-26-20-11-5-6-12-21(20)27(23)16-9-17-29-22-13-7-4-10-19(22)3/h4-7,10-13,18H,8-9,14-17H2,1-3H3,(H,25,28). The summed E-state index contributed by atoms with van der Waals surface area (Å²) in [5, 5.41) is 2.99. The number of fused-ring (bicyclic) bond motifs is 1. The maximum atomic E-state index is 11.7. The van der Waals surface area contributed by atoms with Gasteiger partial charge in [-0.05, 0) is 43.5 Å². The number of imidazole rings is 1. The first-order valence-corrected chi connectivity index (χ1v) is 10.5. The number of aryl methyl sites for hydroxylation is 3. The second kappa shape index (κ2) is 10.1. The van der Waals surface area contributed by atoms with Gasteiger partial charge in [-0.2, -0.15) is 0 Å². The lowest BCUT2D eigenvalue weighted by Gasteiger charge is -2.12. The largest absolute Gasteiger partial charge is 0.493 e. The van der Waals surface area contributed by atoms with E-state index >= 15 is 0 Å². The first-order chi connectivity index (χ1) is 14.1. The molecule has 0 spiro atoms. The highest BCUT2D eigenvalue weighted by Gasteiger charge is 2.11. The number of ether oxygens (including phenoxy) is 1. The first-order valence-electron chi connectivity index (χ1n) is 10.5. The van der Waals surface area contributed by atoms with Crippen molar-refractivity contribution in [2.45, 2.75) is 46.6 Å². The molecule has 0 fully saturated rings. The molecule has 0 unspecified atom stereocenters. The number of para-hydroxylation sites is 3. The molecule has 0 aliphatic rings. The SMILES string of the molecule is Cc1ccccc1OCCCn1c(CCCNC(=O)C(C)C)nc2ccccc21. The third kappa shape index (κ3) is 5.59. The van der Waals surface area contributed by atoms with Gasteiger partial charge in [0, 0.05) is 25.4 Å². The molecule has 5 heteroatoms. The Kier molecular flexibility index (Phi) is 7.28. The topological polar surface area (TPSA) is 56.1 Å². The Hall–Kier alpha value is -2.82. The fraction of sp³-hybridized carbons (Fsp3) is 0.417. The molecular weight excluding hydrogens is 362 g/mol. The second-order valence-electron chi connectivity index (χ2n) is 7.69. The monoisotopic (exact) mass is 393 g/mol. The Morgan fingerprint density at radius 1 is 1.10 bits per heavy atom. The summed E-state index contributed by atoms with van der Waals surface area (Å²) >= 11 is 0. The van der Waals surface area contributed by atoms with Crippen LogP contribution < -0.4 is 10.1 Å². The third-order valence-electron chi connectivity index (χ3n) is 5.01. The molecule has 0 saturated heterocycles. The summed E-state index contributed by atoms with van der Waals surface area (Å²) in [5.41, 5.74) is 3.34. The third-order valence-corrected chi connectivity index (χ3v) is 5.01. The fourth-order valence-electron chi connectivity index (χ4n) is 3.35. The number of carbonyl (C=O) groups excluding carboxylic acids is 1. The number of carbonyl (C=O) groups is 1. The number of hydrogen-bond acceptors (Lipinski definition) is 3. The summed E-state index contributed by atoms with van der Waals surface area (Å²) < 4.78 is 8.25. The zero-order valence-corrected chi connectivity index (χ0v) is 17.6. The predicted octanol–water partition coefficient (Wildman–Crippen LogP) is 4.52.